The predicted octanol–water partition coefficient (Wildman–Crippen LogP) is 1.32. The lowest BCUT2D eigenvalue weighted by Crippen LogP contribution is -2.51. The highest BCUT2D eigenvalue weighted by Crippen LogP contribution is 2.29. The Morgan fingerprint density at radius 3 is 2.75 bits per heavy atom. The zero-order valence-corrected chi connectivity index (χ0v) is 13.5. The molecule has 2 unspecified atom stereocenters. The van der Waals surface area contributed by atoms with Crippen LogP contribution in [-0.2, 0) is 14.3 Å². The predicted molar refractivity (Wildman–Crippen MR) is 87.1 cm³/mol. The van der Waals surface area contributed by atoms with Crippen molar-refractivity contribution in [1.29, 1.82) is 0 Å². The van der Waals surface area contributed by atoms with Crippen LogP contribution in [-0.4, -0.2) is 46.4 Å². The highest BCUT2D eigenvalue weighted by molar-refractivity contribution is 5.94. The summed E-state index contributed by atoms with van der Waals surface area (Å²) < 4.78 is 5.53. The number of aromatic nitrogens is 2. The molecule has 7 nitrogen and oxygen atoms in total. The van der Waals surface area contributed by atoms with Crippen LogP contribution in [0.4, 0.5) is 5.95 Å². The number of hydrogen-bond donors (Lipinski definition) is 1. The van der Waals surface area contributed by atoms with Crippen LogP contribution in [0.1, 0.15) is 17.3 Å². The smallest absolute Gasteiger partial charge is 0.258 e. The maximum absolute atomic E-state index is 12.7. The molecule has 1 aliphatic heterocycles. The van der Waals surface area contributed by atoms with Crippen molar-refractivity contribution in [3.8, 4) is 0 Å². The highest BCUT2D eigenvalue weighted by atomic mass is 16.5. The standard InChI is InChI=1S/C17H18N4O3/c1-11-8-9-18-17(19-11)20-16(23)15-14(12-6-4-3-5-7-12)21(2)13(22)10-24-15/h3-9,14-15H,10H2,1-2H3,(H,18,19,20,23). The van der Waals surface area contributed by atoms with Crippen molar-refractivity contribution in [2.45, 2.75) is 19.1 Å². The molecule has 0 saturated carbocycles. The Kier molecular flexibility index (Phi) is 4.52. The summed E-state index contributed by atoms with van der Waals surface area (Å²) in [7, 11) is 1.67. The highest BCUT2D eigenvalue weighted by Gasteiger charge is 2.40. The van der Waals surface area contributed by atoms with E-state index in [1.807, 2.05) is 37.3 Å². The summed E-state index contributed by atoms with van der Waals surface area (Å²) in [6, 6.07) is 10.6. The molecular formula is C17H18N4O3. The van der Waals surface area contributed by atoms with E-state index in [4.69, 9.17) is 4.74 Å². The zero-order valence-electron chi connectivity index (χ0n) is 13.5. The van der Waals surface area contributed by atoms with E-state index in [0.29, 0.717) is 0 Å². The number of likely N-dealkylation sites (N-methyl/N-ethyl adjacent to an activating group) is 1. The maximum Gasteiger partial charge on any atom is 0.258 e. The van der Waals surface area contributed by atoms with Gasteiger partial charge in [-0.15, -0.1) is 0 Å². The molecule has 0 bridgehead atoms. The van der Waals surface area contributed by atoms with Crippen molar-refractivity contribution in [3.05, 3.63) is 53.9 Å². The van der Waals surface area contributed by atoms with Gasteiger partial charge in [0.25, 0.3) is 5.91 Å². The van der Waals surface area contributed by atoms with Crippen molar-refractivity contribution in [2.75, 3.05) is 19.0 Å². The van der Waals surface area contributed by atoms with E-state index < -0.39 is 12.1 Å². The van der Waals surface area contributed by atoms with Gasteiger partial charge in [-0.1, -0.05) is 30.3 Å². The van der Waals surface area contributed by atoms with Gasteiger partial charge in [-0.05, 0) is 18.6 Å². The first-order valence-electron chi connectivity index (χ1n) is 7.59. The number of aryl methyl sites for hydroxylation is 1. The van der Waals surface area contributed by atoms with Gasteiger partial charge in [0, 0.05) is 18.9 Å². The molecule has 2 aromatic rings. The molecule has 2 amide bonds. The van der Waals surface area contributed by atoms with E-state index in [1.54, 1.807) is 24.2 Å². The summed E-state index contributed by atoms with van der Waals surface area (Å²) >= 11 is 0. The van der Waals surface area contributed by atoms with Crippen LogP contribution >= 0.6 is 0 Å². The van der Waals surface area contributed by atoms with Crippen LogP contribution in [0.5, 0.6) is 0 Å². The second-order valence-corrected chi connectivity index (χ2v) is 5.60. The van der Waals surface area contributed by atoms with Gasteiger partial charge in [-0.25, -0.2) is 9.97 Å². The van der Waals surface area contributed by atoms with Gasteiger partial charge in [0.05, 0.1) is 6.04 Å². The molecule has 2 atom stereocenters. The number of carbonyl (C=O) groups is 2. The van der Waals surface area contributed by atoms with E-state index in [-0.39, 0.29) is 24.4 Å². The molecule has 3 rings (SSSR count). The molecule has 7 heteroatoms. The molecule has 124 valence electrons. The van der Waals surface area contributed by atoms with Gasteiger partial charge in [-0.2, -0.15) is 0 Å². The van der Waals surface area contributed by atoms with Gasteiger partial charge in [0.15, 0.2) is 6.10 Å². The van der Waals surface area contributed by atoms with E-state index in [1.165, 1.54) is 0 Å². The van der Waals surface area contributed by atoms with E-state index in [0.717, 1.165) is 11.3 Å². The van der Waals surface area contributed by atoms with Crippen molar-refractivity contribution < 1.29 is 14.3 Å². The van der Waals surface area contributed by atoms with Gasteiger partial charge < -0.3 is 9.64 Å². The third-order valence-electron chi connectivity index (χ3n) is 3.91. The monoisotopic (exact) mass is 326 g/mol. The van der Waals surface area contributed by atoms with Gasteiger partial charge in [0.1, 0.15) is 6.61 Å². The lowest BCUT2D eigenvalue weighted by atomic mass is 9.98. The zero-order chi connectivity index (χ0) is 17.1. The number of anilines is 1. The minimum absolute atomic E-state index is 0.132. The summed E-state index contributed by atoms with van der Waals surface area (Å²) in [6.07, 6.45) is 0.739. The number of rotatable bonds is 3. The third kappa shape index (κ3) is 3.26. The van der Waals surface area contributed by atoms with Crippen LogP contribution in [0.3, 0.4) is 0 Å². The quantitative estimate of drug-likeness (QED) is 0.919. The minimum atomic E-state index is -0.834. The van der Waals surface area contributed by atoms with Crippen molar-refractivity contribution in [1.82, 2.24) is 14.9 Å². The third-order valence-corrected chi connectivity index (χ3v) is 3.91. The molecule has 1 aromatic heterocycles. The van der Waals surface area contributed by atoms with Crippen LogP contribution in [0.15, 0.2) is 42.6 Å². The molecule has 0 spiro atoms. The Morgan fingerprint density at radius 2 is 2.04 bits per heavy atom. The number of amides is 2. The molecule has 1 aliphatic rings. The van der Waals surface area contributed by atoms with Crippen LogP contribution in [0.25, 0.3) is 0 Å². The second kappa shape index (κ2) is 6.76. The van der Waals surface area contributed by atoms with Crippen molar-refractivity contribution in [3.63, 3.8) is 0 Å². The van der Waals surface area contributed by atoms with Crippen molar-refractivity contribution in [2.24, 2.45) is 0 Å². The van der Waals surface area contributed by atoms with Crippen LogP contribution < -0.4 is 5.32 Å². The number of hydrogen-bond acceptors (Lipinski definition) is 5. The first-order valence-corrected chi connectivity index (χ1v) is 7.59. The van der Waals surface area contributed by atoms with Gasteiger partial charge in [-0.3, -0.25) is 14.9 Å². The molecule has 0 aliphatic carbocycles. The summed E-state index contributed by atoms with van der Waals surface area (Å²) in [5.41, 5.74) is 1.58. The lowest BCUT2D eigenvalue weighted by Gasteiger charge is -2.38. The van der Waals surface area contributed by atoms with Crippen LogP contribution in [0, 0.1) is 6.92 Å². The molecular weight excluding hydrogens is 308 g/mol. The second-order valence-electron chi connectivity index (χ2n) is 5.60. The largest absolute Gasteiger partial charge is 0.356 e. The summed E-state index contributed by atoms with van der Waals surface area (Å²) in [4.78, 5) is 34.4. The average molecular weight is 326 g/mol. The molecule has 2 heterocycles. The summed E-state index contributed by atoms with van der Waals surface area (Å²) in [6.45, 7) is 1.68. The normalized spacial score (nSPS) is 20.8. The number of nitrogens with zero attached hydrogens (tertiary/aromatic N) is 3. The Balaban J connectivity index is 1.86. The fourth-order valence-corrected chi connectivity index (χ4v) is 2.67. The van der Waals surface area contributed by atoms with Crippen molar-refractivity contribution >= 4 is 17.8 Å². The maximum atomic E-state index is 12.7. The molecule has 0 radical (unpaired) electrons. The molecule has 24 heavy (non-hydrogen) atoms. The van der Waals surface area contributed by atoms with Gasteiger partial charge >= 0.3 is 0 Å². The van der Waals surface area contributed by atoms with Crippen LogP contribution in [0.2, 0.25) is 0 Å². The van der Waals surface area contributed by atoms with E-state index in [9.17, 15) is 9.59 Å². The number of carbonyl (C=O) groups excluding carboxylic acids is 2. The van der Waals surface area contributed by atoms with Gasteiger partial charge in [0.2, 0.25) is 11.9 Å². The Hall–Kier alpha value is -2.80. The number of ether oxygens (including phenoxy) is 1. The number of morpholine rings is 1. The fourth-order valence-electron chi connectivity index (χ4n) is 2.67. The Morgan fingerprint density at radius 1 is 1.29 bits per heavy atom. The minimum Gasteiger partial charge on any atom is -0.356 e. The Bertz CT molecular complexity index is 751. The number of benzene rings is 1. The first kappa shape index (κ1) is 16.1. The van der Waals surface area contributed by atoms with E-state index in [2.05, 4.69) is 15.3 Å². The summed E-state index contributed by atoms with van der Waals surface area (Å²) in [5.74, 6) is -0.330. The molecule has 1 fully saturated rings. The Labute approximate surface area is 139 Å². The molecule has 1 saturated heterocycles. The fraction of sp³-hybridized carbons (Fsp3) is 0.294. The van der Waals surface area contributed by atoms with E-state index >= 15 is 0 Å². The molecule has 1 aromatic carbocycles. The molecule has 1 N–H and O–H groups in total. The lowest BCUT2D eigenvalue weighted by molar-refractivity contribution is -0.160. The average Bonchev–Trinajstić information content (AvgIpc) is 2.58. The topological polar surface area (TPSA) is 84.4 Å². The summed E-state index contributed by atoms with van der Waals surface area (Å²) in [5, 5.41) is 2.66. The SMILES string of the molecule is Cc1ccnc(NC(=O)C2OCC(=O)N(C)C2c2ccccc2)n1. The first-order chi connectivity index (χ1) is 11.6. The number of nitrogens with one attached hydrogen (secondary N) is 1.